The molecule has 1 aromatic carbocycles. The van der Waals surface area contributed by atoms with E-state index in [2.05, 4.69) is 4.99 Å². The molecule has 3 nitrogen and oxygen atoms in total. The zero-order valence-corrected chi connectivity index (χ0v) is 7.90. The van der Waals surface area contributed by atoms with Crippen LogP contribution in [0.25, 0.3) is 11.0 Å². The quantitative estimate of drug-likeness (QED) is 0.738. The molecule has 0 spiro atoms. The molecule has 2 rings (SSSR count). The molecule has 14 heavy (non-hydrogen) atoms. The highest BCUT2D eigenvalue weighted by Crippen LogP contribution is 2.28. The lowest BCUT2D eigenvalue weighted by Crippen LogP contribution is -1.79. The van der Waals surface area contributed by atoms with E-state index in [0.29, 0.717) is 17.7 Å². The third-order valence-corrected chi connectivity index (χ3v) is 2.02. The van der Waals surface area contributed by atoms with Crippen molar-refractivity contribution in [3.63, 3.8) is 0 Å². The number of hydrogen-bond acceptors (Lipinski definition) is 3. The van der Waals surface area contributed by atoms with Gasteiger partial charge in [0.1, 0.15) is 5.58 Å². The first-order valence-electron chi connectivity index (χ1n) is 4.53. The molecule has 0 saturated heterocycles. The molecule has 0 fully saturated rings. The molecule has 0 bridgehead atoms. The number of aromatic hydroxyl groups is 1. The van der Waals surface area contributed by atoms with Gasteiger partial charge in [-0.25, -0.2) is 0 Å². The fourth-order valence-electron chi connectivity index (χ4n) is 1.36. The van der Waals surface area contributed by atoms with Crippen LogP contribution < -0.4 is 0 Å². The summed E-state index contributed by atoms with van der Waals surface area (Å²) in [6.07, 6.45) is 1.64. The molecule has 0 radical (unpaired) electrons. The number of hydrogen-bond donors (Lipinski definition) is 1. The summed E-state index contributed by atoms with van der Waals surface area (Å²) in [4.78, 5) is 4.08. The van der Waals surface area contributed by atoms with E-state index < -0.39 is 0 Å². The molecule has 3 heteroatoms. The maximum Gasteiger partial charge on any atom is 0.292 e. The van der Waals surface area contributed by atoms with Crippen LogP contribution in [-0.4, -0.2) is 17.9 Å². The first-order valence-corrected chi connectivity index (χ1v) is 4.53. The minimum absolute atomic E-state index is 0.0663. The van der Waals surface area contributed by atoms with Crippen molar-refractivity contribution in [2.75, 3.05) is 6.54 Å². The van der Waals surface area contributed by atoms with Gasteiger partial charge in [0.2, 0.25) is 0 Å². The van der Waals surface area contributed by atoms with Gasteiger partial charge in [0, 0.05) is 18.1 Å². The van der Waals surface area contributed by atoms with Crippen LogP contribution in [0.5, 0.6) is 5.95 Å². The van der Waals surface area contributed by atoms with E-state index in [-0.39, 0.29) is 5.95 Å². The summed E-state index contributed by atoms with van der Waals surface area (Å²) in [5.41, 5.74) is 1.34. The summed E-state index contributed by atoms with van der Waals surface area (Å²) >= 11 is 0. The Morgan fingerprint density at radius 3 is 3.00 bits per heavy atom. The Kier molecular flexibility index (Phi) is 2.23. The number of benzene rings is 1. The van der Waals surface area contributed by atoms with Crippen molar-refractivity contribution in [3.05, 3.63) is 29.8 Å². The van der Waals surface area contributed by atoms with E-state index in [1.54, 1.807) is 6.21 Å². The Hall–Kier alpha value is -1.77. The molecule has 1 heterocycles. The smallest absolute Gasteiger partial charge is 0.292 e. The van der Waals surface area contributed by atoms with Crippen molar-refractivity contribution in [1.29, 1.82) is 0 Å². The fourth-order valence-corrected chi connectivity index (χ4v) is 1.36. The lowest BCUT2D eigenvalue weighted by Gasteiger charge is -1.88. The van der Waals surface area contributed by atoms with Crippen LogP contribution in [0.1, 0.15) is 12.5 Å². The summed E-state index contributed by atoms with van der Waals surface area (Å²) in [5, 5.41) is 10.4. The van der Waals surface area contributed by atoms with E-state index in [1.165, 1.54) is 0 Å². The number of aliphatic imine (C=N–C) groups is 1. The Balaban J connectivity index is 2.62. The summed E-state index contributed by atoms with van der Waals surface area (Å²) in [6.45, 7) is 2.63. The summed E-state index contributed by atoms with van der Waals surface area (Å²) in [5.74, 6) is -0.0663. The second-order valence-corrected chi connectivity index (χ2v) is 2.94. The molecule has 0 saturated carbocycles. The van der Waals surface area contributed by atoms with Crippen molar-refractivity contribution in [1.82, 2.24) is 0 Å². The van der Waals surface area contributed by atoms with Crippen LogP contribution in [0.2, 0.25) is 0 Å². The molecule has 72 valence electrons. The number of furan rings is 1. The largest absolute Gasteiger partial charge is 0.480 e. The summed E-state index contributed by atoms with van der Waals surface area (Å²) in [6, 6.07) is 7.49. The van der Waals surface area contributed by atoms with Crippen LogP contribution in [-0.2, 0) is 0 Å². The number of para-hydroxylation sites is 1. The zero-order valence-electron chi connectivity index (χ0n) is 7.90. The molecule has 1 aromatic heterocycles. The van der Waals surface area contributed by atoms with Crippen LogP contribution in [0.4, 0.5) is 0 Å². The highest BCUT2D eigenvalue weighted by molar-refractivity contribution is 6.00. The van der Waals surface area contributed by atoms with Gasteiger partial charge in [0.15, 0.2) is 0 Å². The number of nitrogens with zero attached hydrogens (tertiary/aromatic N) is 1. The van der Waals surface area contributed by atoms with Crippen molar-refractivity contribution in [3.8, 4) is 5.95 Å². The van der Waals surface area contributed by atoms with Crippen molar-refractivity contribution >= 4 is 17.2 Å². The summed E-state index contributed by atoms with van der Waals surface area (Å²) in [7, 11) is 0. The van der Waals surface area contributed by atoms with E-state index in [0.717, 1.165) is 5.39 Å². The molecular weight excluding hydrogens is 178 g/mol. The number of rotatable bonds is 2. The summed E-state index contributed by atoms with van der Waals surface area (Å²) < 4.78 is 5.16. The maximum atomic E-state index is 9.50. The SMILES string of the molecule is CCN=Cc1c(O)oc2ccccc12. The molecule has 1 N–H and O–H groups in total. The monoisotopic (exact) mass is 189 g/mol. The van der Waals surface area contributed by atoms with Gasteiger partial charge in [-0.3, -0.25) is 4.99 Å². The molecule has 0 amide bonds. The normalized spacial score (nSPS) is 11.5. The first-order chi connectivity index (χ1) is 6.83. The minimum atomic E-state index is -0.0663. The van der Waals surface area contributed by atoms with E-state index in [4.69, 9.17) is 4.42 Å². The average molecular weight is 189 g/mol. The molecule has 0 aliphatic heterocycles. The third kappa shape index (κ3) is 1.37. The van der Waals surface area contributed by atoms with Crippen LogP contribution in [0.15, 0.2) is 33.7 Å². The van der Waals surface area contributed by atoms with Gasteiger partial charge in [-0.15, -0.1) is 0 Å². The molecule has 0 unspecified atom stereocenters. The van der Waals surface area contributed by atoms with Gasteiger partial charge in [-0.05, 0) is 13.0 Å². The van der Waals surface area contributed by atoms with Crippen LogP contribution >= 0.6 is 0 Å². The number of fused-ring (bicyclic) bond motifs is 1. The third-order valence-electron chi connectivity index (χ3n) is 2.02. The second kappa shape index (κ2) is 3.54. The van der Waals surface area contributed by atoms with Gasteiger partial charge in [-0.2, -0.15) is 0 Å². The molecule has 0 aliphatic carbocycles. The Morgan fingerprint density at radius 2 is 2.21 bits per heavy atom. The fraction of sp³-hybridized carbons (Fsp3) is 0.182. The van der Waals surface area contributed by atoms with Crippen molar-refractivity contribution in [2.45, 2.75) is 6.92 Å². The van der Waals surface area contributed by atoms with Crippen LogP contribution in [0.3, 0.4) is 0 Å². The van der Waals surface area contributed by atoms with Crippen molar-refractivity contribution in [2.24, 2.45) is 4.99 Å². The standard InChI is InChI=1S/C11H11NO2/c1-2-12-7-9-8-5-3-4-6-10(8)14-11(9)13/h3-7,13H,2H2,1H3. The highest BCUT2D eigenvalue weighted by atomic mass is 16.5. The second-order valence-electron chi connectivity index (χ2n) is 2.94. The van der Waals surface area contributed by atoms with E-state index in [9.17, 15) is 5.11 Å². The molecular formula is C11H11NO2. The van der Waals surface area contributed by atoms with Gasteiger partial charge in [0.05, 0.1) is 5.56 Å². The van der Waals surface area contributed by atoms with E-state index >= 15 is 0 Å². The maximum absolute atomic E-state index is 9.50. The predicted octanol–water partition coefficient (Wildman–Crippen LogP) is 2.58. The topological polar surface area (TPSA) is 45.7 Å². The van der Waals surface area contributed by atoms with Crippen molar-refractivity contribution < 1.29 is 9.52 Å². The first kappa shape index (κ1) is 8.81. The van der Waals surface area contributed by atoms with Gasteiger partial charge >= 0.3 is 0 Å². The Labute approximate surface area is 81.7 Å². The molecule has 0 aliphatic rings. The Bertz CT molecular complexity index is 471. The highest BCUT2D eigenvalue weighted by Gasteiger charge is 2.09. The van der Waals surface area contributed by atoms with Crippen LogP contribution in [0, 0.1) is 0 Å². The van der Waals surface area contributed by atoms with Gasteiger partial charge in [0.25, 0.3) is 5.95 Å². The average Bonchev–Trinajstić information content (AvgIpc) is 2.51. The molecule has 2 aromatic rings. The lowest BCUT2D eigenvalue weighted by molar-refractivity contribution is 0.346. The Morgan fingerprint density at radius 1 is 1.43 bits per heavy atom. The van der Waals surface area contributed by atoms with E-state index in [1.807, 2.05) is 31.2 Å². The molecule has 0 atom stereocenters. The van der Waals surface area contributed by atoms with Gasteiger partial charge in [-0.1, -0.05) is 18.2 Å². The zero-order chi connectivity index (χ0) is 9.97. The predicted molar refractivity (Wildman–Crippen MR) is 56.0 cm³/mol. The lowest BCUT2D eigenvalue weighted by atomic mass is 10.2. The van der Waals surface area contributed by atoms with Gasteiger partial charge < -0.3 is 9.52 Å². The minimum Gasteiger partial charge on any atom is -0.480 e.